The molecule has 0 spiro atoms. The van der Waals surface area contributed by atoms with Crippen molar-refractivity contribution in [2.24, 2.45) is 0 Å². The maximum absolute atomic E-state index is 11.5. The highest BCUT2D eigenvalue weighted by atomic mass is 35.5. The van der Waals surface area contributed by atoms with Crippen LogP contribution in [0, 0.1) is 6.92 Å². The summed E-state index contributed by atoms with van der Waals surface area (Å²) < 4.78 is 6.78. The number of hydrogen-bond donors (Lipinski definition) is 0. The van der Waals surface area contributed by atoms with Crippen molar-refractivity contribution in [3.63, 3.8) is 0 Å². The average Bonchev–Trinajstić information content (AvgIpc) is 2.56. The molecule has 0 aliphatic rings. The molecule has 0 bridgehead atoms. The van der Waals surface area contributed by atoms with E-state index in [1.54, 1.807) is 17.7 Å². The van der Waals surface area contributed by atoms with Gasteiger partial charge in [0.05, 0.1) is 17.6 Å². The molecular weight excluding hydrogens is 226 g/mol. The topological polar surface area (TPSA) is 31.2 Å². The molecule has 1 heterocycles. The van der Waals surface area contributed by atoms with E-state index in [0.717, 1.165) is 16.6 Å². The number of methoxy groups -OCH3 is 1. The van der Waals surface area contributed by atoms with Crippen LogP contribution in [0.2, 0.25) is 5.02 Å². The summed E-state index contributed by atoms with van der Waals surface area (Å²) in [6, 6.07) is 5.50. The minimum Gasteiger partial charge on any atom is -0.495 e. The van der Waals surface area contributed by atoms with Gasteiger partial charge in [-0.25, -0.2) is 0 Å². The van der Waals surface area contributed by atoms with Crippen molar-refractivity contribution < 1.29 is 9.53 Å². The summed E-state index contributed by atoms with van der Waals surface area (Å²) >= 11 is 6.18. The second-order valence-corrected chi connectivity index (χ2v) is 4.03. The molecule has 0 amide bonds. The van der Waals surface area contributed by atoms with Gasteiger partial charge in [0.15, 0.2) is 0 Å². The van der Waals surface area contributed by atoms with Gasteiger partial charge in [0.1, 0.15) is 5.75 Å². The molecule has 84 valence electrons. The van der Waals surface area contributed by atoms with Gasteiger partial charge < -0.3 is 4.74 Å². The van der Waals surface area contributed by atoms with Crippen LogP contribution in [-0.2, 0) is 0 Å². The van der Waals surface area contributed by atoms with E-state index in [2.05, 4.69) is 0 Å². The molecule has 0 radical (unpaired) electrons. The van der Waals surface area contributed by atoms with E-state index < -0.39 is 0 Å². The highest BCUT2D eigenvalue weighted by molar-refractivity contribution is 6.37. The van der Waals surface area contributed by atoms with E-state index in [1.807, 2.05) is 19.1 Å². The van der Waals surface area contributed by atoms with Crippen molar-refractivity contribution in [1.82, 2.24) is 4.57 Å². The summed E-state index contributed by atoms with van der Waals surface area (Å²) in [4.78, 5) is 11.5. The van der Waals surface area contributed by atoms with Gasteiger partial charge in [-0.1, -0.05) is 11.6 Å². The third-order valence-electron chi connectivity index (χ3n) is 2.60. The van der Waals surface area contributed by atoms with Crippen molar-refractivity contribution >= 4 is 28.4 Å². The molecule has 0 saturated carbocycles. The molecule has 4 heteroatoms. The number of rotatable bonds is 1. The molecule has 1 aromatic carbocycles. The largest absolute Gasteiger partial charge is 0.495 e. The van der Waals surface area contributed by atoms with Gasteiger partial charge in [0.25, 0.3) is 0 Å². The lowest BCUT2D eigenvalue weighted by Crippen LogP contribution is -2.06. The summed E-state index contributed by atoms with van der Waals surface area (Å²) in [5.74, 6) is 0.601. The molecule has 0 fully saturated rings. The molecule has 0 aliphatic carbocycles. The minimum atomic E-state index is -0.0197. The number of nitrogens with zero attached hydrogens (tertiary/aromatic N) is 1. The normalized spacial score (nSPS) is 10.8. The van der Waals surface area contributed by atoms with Crippen molar-refractivity contribution in [2.75, 3.05) is 7.11 Å². The van der Waals surface area contributed by atoms with Gasteiger partial charge in [-0.2, -0.15) is 0 Å². The van der Waals surface area contributed by atoms with Crippen molar-refractivity contribution in [3.05, 3.63) is 28.9 Å². The monoisotopic (exact) mass is 237 g/mol. The van der Waals surface area contributed by atoms with Gasteiger partial charge in [-0.15, -0.1) is 0 Å². The van der Waals surface area contributed by atoms with Crippen LogP contribution >= 0.6 is 11.6 Å². The summed E-state index contributed by atoms with van der Waals surface area (Å²) in [6.07, 6.45) is 0. The maximum atomic E-state index is 11.5. The lowest BCUT2D eigenvalue weighted by atomic mass is 10.2. The standard InChI is InChI=1S/C12H12ClNO2/c1-7-6-9-10(14(7)8(2)15)4-5-11(16-3)12(9)13/h4-6H,1-3H3. The zero-order valence-corrected chi connectivity index (χ0v) is 10.1. The first kappa shape index (κ1) is 11.0. The number of fused-ring (bicyclic) bond motifs is 1. The summed E-state index contributed by atoms with van der Waals surface area (Å²) in [7, 11) is 1.57. The molecule has 2 aromatic rings. The second kappa shape index (κ2) is 3.83. The molecule has 1 aromatic heterocycles. The zero-order valence-electron chi connectivity index (χ0n) is 9.37. The molecule has 0 aliphatic heterocycles. The average molecular weight is 238 g/mol. The molecule has 2 rings (SSSR count). The van der Waals surface area contributed by atoms with Crippen LogP contribution in [0.5, 0.6) is 5.75 Å². The quantitative estimate of drug-likeness (QED) is 0.762. The van der Waals surface area contributed by atoms with Crippen LogP contribution in [0.3, 0.4) is 0 Å². The second-order valence-electron chi connectivity index (χ2n) is 3.65. The van der Waals surface area contributed by atoms with E-state index in [0.29, 0.717) is 10.8 Å². The van der Waals surface area contributed by atoms with E-state index in [4.69, 9.17) is 16.3 Å². The van der Waals surface area contributed by atoms with E-state index in [1.165, 1.54) is 6.92 Å². The van der Waals surface area contributed by atoms with Crippen LogP contribution in [-0.4, -0.2) is 17.6 Å². The lowest BCUT2D eigenvalue weighted by Gasteiger charge is -2.05. The predicted molar refractivity (Wildman–Crippen MR) is 64.5 cm³/mol. The van der Waals surface area contributed by atoms with Crippen molar-refractivity contribution in [3.8, 4) is 5.75 Å². The molecule has 0 atom stereocenters. The van der Waals surface area contributed by atoms with Gasteiger partial charge in [-0.05, 0) is 25.1 Å². The van der Waals surface area contributed by atoms with Crippen LogP contribution in [0.15, 0.2) is 18.2 Å². The first-order valence-electron chi connectivity index (χ1n) is 4.91. The Morgan fingerprint density at radius 1 is 1.44 bits per heavy atom. The van der Waals surface area contributed by atoms with Crippen LogP contribution in [0.25, 0.3) is 10.9 Å². The number of carbonyl (C=O) groups excluding carboxylic acids is 1. The lowest BCUT2D eigenvalue weighted by molar-refractivity contribution is 0.0940. The Labute approximate surface area is 98.6 Å². The van der Waals surface area contributed by atoms with Gasteiger partial charge >= 0.3 is 0 Å². The molecule has 0 N–H and O–H groups in total. The van der Waals surface area contributed by atoms with Crippen LogP contribution in [0.1, 0.15) is 17.4 Å². The maximum Gasteiger partial charge on any atom is 0.228 e. The highest BCUT2D eigenvalue weighted by Crippen LogP contribution is 2.34. The number of aromatic nitrogens is 1. The van der Waals surface area contributed by atoms with Gasteiger partial charge in [0, 0.05) is 18.0 Å². The molecule has 16 heavy (non-hydrogen) atoms. The van der Waals surface area contributed by atoms with Crippen LogP contribution < -0.4 is 4.74 Å². The fraction of sp³-hybridized carbons (Fsp3) is 0.250. The summed E-state index contributed by atoms with van der Waals surface area (Å²) in [5, 5.41) is 1.39. The summed E-state index contributed by atoms with van der Waals surface area (Å²) in [6.45, 7) is 3.41. The Kier molecular flexibility index (Phi) is 2.64. The van der Waals surface area contributed by atoms with E-state index in [-0.39, 0.29) is 5.91 Å². The fourth-order valence-corrected chi connectivity index (χ4v) is 2.23. The third kappa shape index (κ3) is 1.48. The van der Waals surface area contributed by atoms with E-state index >= 15 is 0 Å². The van der Waals surface area contributed by atoms with Crippen molar-refractivity contribution in [1.29, 1.82) is 0 Å². The summed E-state index contributed by atoms with van der Waals surface area (Å²) in [5.41, 5.74) is 1.69. The fourth-order valence-electron chi connectivity index (χ4n) is 1.93. The molecule has 3 nitrogen and oxygen atoms in total. The first-order valence-corrected chi connectivity index (χ1v) is 5.29. The van der Waals surface area contributed by atoms with Crippen molar-refractivity contribution in [2.45, 2.75) is 13.8 Å². The molecule has 0 unspecified atom stereocenters. The predicted octanol–water partition coefficient (Wildman–Crippen LogP) is 3.27. The Hall–Kier alpha value is -1.48. The minimum absolute atomic E-state index is 0.0197. The number of benzene rings is 1. The van der Waals surface area contributed by atoms with E-state index in [9.17, 15) is 4.79 Å². The highest BCUT2D eigenvalue weighted by Gasteiger charge is 2.13. The molecule has 0 saturated heterocycles. The number of carbonyl (C=O) groups is 1. The number of hydrogen-bond acceptors (Lipinski definition) is 2. The third-order valence-corrected chi connectivity index (χ3v) is 2.99. The molecular formula is C12H12ClNO2. The Morgan fingerprint density at radius 2 is 2.12 bits per heavy atom. The number of aryl methyl sites for hydroxylation is 1. The first-order chi connectivity index (χ1) is 7.56. The number of halogens is 1. The van der Waals surface area contributed by atoms with Gasteiger partial charge in [-0.3, -0.25) is 9.36 Å². The van der Waals surface area contributed by atoms with Gasteiger partial charge in [0.2, 0.25) is 5.91 Å². The Bertz CT molecular complexity index is 572. The smallest absolute Gasteiger partial charge is 0.228 e. The Morgan fingerprint density at radius 3 is 2.69 bits per heavy atom. The van der Waals surface area contributed by atoms with Crippen LogP contribution in [0.4, 0.5) is 0 Å². The Balaban J connectivity index is 2.84. The number of ether oxygens (including phenoxy) is 1. The SMILES string of the molecule is COc1ccc2c(cc(C)n2C(C)=O)c1Cl. The zero-order chi connectivity index (χ0) is 11.9.